The van der Waals surface area contributed by atoms with Crippen molar-refractivity contribution < 1.29 is 0 Å². The van der Waals surface area contributed by atoms with Gasteiger partial charge in [0.2, 0.25) is 0 Å². The van der Waals surface area contributed by atoms with E-state index in [0.29, 0.717) is 6.04 Å². The summed E-state index contributed by atoms with van der Waals surface area (Å²) in [7, 11) is 0. The second-order valence-corrected chi connectivity index (χ2v) is 4.44. The van der Waals surface area contributed by atoms with Gasteiger partial charge in [0.1, 0.15) is 0 Å². The lowest BCUT2D eigenvalue weighted by Crippen LogP contribution is -2.19. The minimum Gasteiger partial charge on any atom is -0.328 e. The van der Waals surface area contributed by atoms with Crippen LogP contribution >= 0.6 is 11.6 Å². The molecule has 0 aliphatic carbocycles. The van der Waals surface area contributed by atoms with Crippen molar-refractivity contribution in [1.82, 2.24) is 0 Å². The van der Waals surface area contributed by atoms with E-state index in [0.717, 1.165) is 30.7 Å². The predicted molar refractivity (Wildman–Crippen MR) is 67.3 cm³/mol. The highest BCUT2D eigenvalue weighted by Gasteiger charge is 2.02. The molecule has 1 unspecified atom stereocenters. The van der Waals surface area contributed by atoms with E-state index in [1.54, 1.807) is 0 Å². The Morgan fingerprint density at radius 2 is 2.00 bits per heavy atom. The molecule has 2 heteroatoms. The minimum absolute atomic E-state index is 0.359. The van der Waals surface area contributed by atoms with E-state index in [1.807, 2.05) is 18.2 Å². The fraction of sp³-hybridized carbons (Fsp3) is 0.538. The molecule has 0 fully saturated rings. The number of benzene rings is 1. The van der Waals surface area contributed by atoms with Crippen LogP contribution in [0.25, 0.3) is 0 Å². The molecule has 0 saturated heterocycles. The molecule has 84 valence electrons. The van der Waals surface area contributed by atoms with Crippen molar-refractivity contribution in [3.05, 3.63) is 34.9 Å². The molecule has 0 amide bonds. The molecule has 2 N–H and O–H groups in total. The third kappa shape index (κ3) is 4.67. The van der Waals surface area contributed by atoms with Crippen molar-refractivity contribution in [2.24, 2.45) is 5.73 Å². The van der Waals surface area contributed by atoms with Gasteiger partial charge in [0, 0.05) is 11.1 Å². The fourth-order valence-corrected chi connectivity index (χ4v) is 2.00. The summed E-state index contributed by atoms with van der Waals surface area (Å²) in [5.74, 6) is 0. The summed E-state index contributed by atoms with van der Waals surface area (Å²) < 4.78 is 0. The van der Waals surface area contributed by atoms with Gasteiger partial charge in [-0.2, -0.15) is 0 Å². The number of rotatable bonds is 6. The SMILES string of the molecule is CCCC(N)CCCc1ccccc1Cl. The van der Waals surface area contributed by atoms with Crippen LogP contribution in [-0.2, 0) is 6.42 Å². The molecule has 1 aromatic carbocycles. The lowest BCUT2D eigenvalue weighted by Gasteiger charge is -2.10. The van der Waals surface area contributed by atoms with Crippen LogP contribution < -0.4 is 5.73 Å². The van der Waals surface area contributed by atoms with Crippen molar-refractivity contribution in [1.29, 1.82) is 0 Å². The third-order valence-corrected chi connectivity index (χ3v) is 3.01. The van der Waals surface area contributed by atoms with Crippen molar-refractivity contribution in [3.8, 4) is 0 Å². The van der Waals surface area contributed by atoms with Crippen LogP contribution in [0.2, 0.25) is 5.02 Å². The smallest absolute Gasteiger partial charge is 0.0437 e. The van der Waals surface area contributed by atoms with Gasteiger partial charge in [-0.15, -0.1) is 0 Å². The van der Waals surface area contributed by atoms with Crippen molar-refractivity contribution >= 4 is 11.6 Å². The zero-order valence-electron chi connectivity index (χ0n) is 9.38. The van der Waals surface area contributed by atoms with Gasteiger partial charge < -0.3 is 5.73 Å². The third-order valence-electron chi connectivity index (χ3n) is 2.64. The summed E-state index contributed by atoms with van der Waals surface area (Å²) >= 11 is 6.07. The molecule has 1 rings (SSSR count). The first-order chi connectivity index (χ1) is 7.24. The Kier molecular flexibility index (Phi) is 5.74. The summed E-state index contributed by atoms with van der Waals surface area (Å²) in [5, 5.41) is 0.876. The molecule has 0 aromatic heterocycles. The van der Waals surface area contributed by atoms with Gasteiger partial charge in [-0.3, -0.25) is 0 Å². The van der Waals surface area contributed by atoms with Crippen molar-refractivity contribution in [2.45, 2.75) is 45.1 Å². The minimum atomic E-state index is 0.359. The van der Waals surface area contributed by atoms with Gasteiger partial charge in [-0.1, -0.05) is 43.1 Å². The second kappa shape index (κ2) is 6.86. The summed E-state index contributed by atoms with van der Waals surface area (Å²) in [5.41, 5.74) is 7.19. The topological polar surface area (TPSA) is 26.0 Å². The summed E-state index contributed by atoms with van der Waals surface area (Å²) in [4.78, 5) is 0. The van der Waals surface area contributed by atoms with Gasteiger partial charge >= 0.3 is 0 Å². The number of halogens is 1. The lowest BCUT2D eigenvalue weighted by molar-refractivity contribution is 0.539. The molecule has 0 aliphatic heterocycles. The largest absolute Gasteiger partial charge is 0.328 e. The predicted octanol–water partition coefficient (Wildman–Crippen LogP) is 3.79. The molecular weight excluding hydrogens is 206 g/mol. The summed E-state index contributed by atoms with van der Waals surface area (Å²) in [6, 6.07) is 8.40. The quantitative estimate of drug-likeness (QED) is 0.783. The highest BCUT2D eigenvalue weighted by molar-refractivity contribution is 6.31. The fourth-order valence-electron chi connectivity index (χ4n) is 1.77. The maximum atomic E-state index is 6.07. The Balaban J connectivity index is 2.29. The average Bonchev–Trinajstić information content (AvgIpc) is 2.21. The maximum Gasteiger partial charge on any atom is 0.0437 e. The van der Waals surface area contributed by atoms with Gasteiger partial charge in [0.05, 0.1) is 0 Å². The van der Waals surface area contributed by atoms with Gasteiger partial charge in [0.25, 0.3) is 0 Å². The Bertz CT molecular complexity index is 286. The van der Waals surface area contributed by atoms with E-state index < -0.39 is 0 Å². The Hall–Kier alpha value is -0.530. The van der Waals surface area contributed by atoms with E-state index in [9.17, 15) is 0 Å². The van der Waals surface area contributed by atoms with Crippen LogP contribution in [-0.4, -0.2) is 6.04 Å². The zero-order valence-corrected chi connectivity index (χ0v) is 10.1. The monoisotopic (exact) mass is 225 g/mol. The highest BCUT2D eigenvalue weighted by Crippen LogP contribution is 2.17. The van der Waals surface area contributed by atoms with Crippen LogP contribution in [0.1, 0.15) is 38.2 Å². The van der Waals surface area contributed by atoms with Crippen LogP contribution in [0.15, 0.2) is 24.3 Å². The first kappa shape index (κ1) is 12.5. The summed E-state index contributed by atoms with van der Waals surface area (Å²) in [6.45, 7) is 2.17. The first-order valence-electron chi connectivity index (χ1n) is 5.73. The zero-order chi connectivity index (χ0) is 11.1. The van der Waals surface area contributed by atoms with Gasteiger partial charge in [-0.25, -0.2) is 0 Å². The number of aryl methyl sites for hydroxylation is 1. The normalized spacial score (nSPS) is 12.7. The molecule has 1 atom stereocenters. The van der Waals surface area contributed by atoms with Crippen LogP contribution in [0.4, 0.5) is 0 Å². The lowest BCUT2D eigenvalue weighted by atomic mass is 10.0. The second-order valence-electron chi connectivity index (χ2n) is 4.03. The van der Waals surface area contributed by atoms with E-state index in [2.05, 4.69) is 13.0 Å². The van der Waals surface area contributed by atoms with E-state index in [-0.39, 0.29) is 0 Å². The summed E-state index contributed by atoms with van der Waals surface area (Å²) in [6.07, 6.45) is 5.57. The molecule has 0 saturated carbocycles. The Morgan fingerprint density at radius 1 is 1.27 bits per heavy atom. The number of hydrogen-bond acceptors (Lipinski definition) is 1. The highest BCUT2D eigenvalue weighted by atomic mass is 35.5. The maximum absolute atomic E-state index is 6.07. The molecule has 0 radical (unpaired) electrons. The molecule has 0 bridgehead atoms. The van der Waals surface area contributed by atoms with E-state index >= 15 is 0 Å². The number of hydrogen-bond donors (Lipinski definition) is 1. The molecular formula is C13H20ClN. The van der Waals surface area contributed by atoms with Crippen molar-refractivity contribution in [3.63, 3.8) is 0 Å². The molecule has 1 aromatic rings. The van der Waals surface area contributed by atoms with Crippen molar-refractivity contribution in [2.75, 3.05) is 0 Å². The average molecular weight is 226 g/mol. The first-order valence-corrected chi connectivity index (χ1v) is 6.10. The van der Waals surface area contributed by atoms with E-state index in [4.69, 9.17) is 17.3 Å². The molecule has 0 spiro atoms. The molecule has 0 heterocycles. The van der Waals surface area contributed by atoms with Crippen LogP contribution in [0.5, 0.6) is 0 Å². The van der Waals surface area contributed by atoms with Gasteiger partial charge in [-0.05, 0) is 37.3 Å². The van der Waals surface area contributed by atoms with Crippen LogP contribution in [0.3, 0.4) is 0 Å². The molecule has 0 aliphatic rings. The molecule has 1 nitrogen and oxygen atoms in total. The number of nitrogens with two attached hydrogens (primary N) is 1. The van der Waals surface area contributed by atoms with Crippen LogP contribution in [0, 0.1) is 0 Å². The Morgan fingerprint density at radius 3 is 2.67 bits per heavy atom. The van der Waals surface area contributed by atoms with E-state index in [1.165, 1.54) is 12.0 Å². The standard InChI is InChI=1S/C13H20ClN/c1-2-6-12(15)9-5-8-11-7-3-4-10-13(11)14/h3-4,7,10,12H,2,5-6,8-9,15H2,1H3. The van der Waals surface area contributed by atoms with Gasteiger partial charge in [0.15, 0.2) is 0 Å². The Labute approximate surface area is 97.6 Å². The molecule has 15 heavy (non-hydrogen) atoms.